The van der Waals surface area contributed by atoms with Crippen LogP contribution in [-0.2, 0) is 0 Å². The van der Waals surface area contributed by atoms with Gasteiger partial charge in [0.1, 0.15) is 5.75 Å². The van der Waals surface area contributed by atoms with E-state index in [0.29, 0.717) is 34.0 Å². The first-order valence-electron chi connectivity index (χ1n) is 7.63. The first kappa shape index (κ1) is 15.7. The molecule has 0 amide bonds. The molecule has 3 aromatic rings. The molecule has 1 aromatic carbocycles. The van der Waals surface area contributed by atoms with Gasteiger partial charge in [-0.1, -0.05) is 19.6 Å². The number of phenolic OH excluding ortho intramolecular Hbond substituents is 1. The van der Waals surface area contributed by atoms with E-state index >= 15 is 0 Å². The Bertz CT molecular complexity index is 906. The van der Waals surface area contributed by atoms with Gasteiger partial charge in [-0.2, -0.15) is 4.98 Å². The van der Waals surface area contributed by atoms with Gasteiger partial charge in [-0.3, -0.25) is 4.99 Å². The molecule has 2 aromatic heterocycles. The number of aromatic hydroxyl groups is 1. The summed E-state index contributed by atoms with van der Waals surface area (Å²) in [6.07, 6.45) is 7.83. The lowest BCUT2D eigenvalue weighted by Crippen LogP contribution is -1.97. The fraction of sp³-hybridized carbons (Fsp3) is 0.105. The number of phenols is 1. The Hall–Kier alpha value is -3.21. The Morgan fingerprint density at radius 2 is 2.25 bits per heavy atom. The zero-order valence-corrected chi connectivity index (χ0v) is 13.3. The van der Waals surface area contributed by atoms with Crippen LogP contribution in [-0.4, -0.2) is 20.8 Å². The lowest BCUT2D eigenvalue weighted by molar-refractivity contribution is 0.474. The molecule has 120 valence electrons. The van der Waals surface area contributed by atoms with Crippen LogP contribution in [0.1, 0.15) is 18.9 Å². The normalized spacial score (nSPS) is 12.1. The fourth-order valence-corrected chi connectivity index (χ4v) is 2.30. The molecule has 5 nitrogen and oxygen atoms in total. The van der Waals surface area contributed by atoms with Crippen LogP contribution in [0.15, 0.2) is 70.9 Å². The lowest BCUT2D eigenvalue weighted by Gasteiger charge is -2.06. The number of pyridine rings is 1. The minimum atomic E-state index is 0.101. The predicted octanol–water partition coefficient (Wildman–Crippen LogP) is 4.49. The topological polar surface area (TPSA) is 71.5 Å². The van der Waals surface area contributed by atoms with Crippen LogP contribution >= 0.6 is 0 Å². The molecule has 0 aliphatic carbocycles. The van der Waals surface area contributed by atoms with Gasteiger partial charge in [0.2, 0.25) is 5.89 Å². The number of nitrogens with zero attached hydrogens (tertiary/aromatic N) is 3. The minimum Gasteiger partial charge on any atom is -0.507 e. The second-order valence-corrected chi connectivity index (χ2v) is 5.08. The zero-order chi connectivity index (χ0) is 16.9. The van der Waals surface area contributed by atoms with Gasteiger partial charge in [-0.15, -0.1) is 0 Å². The van der Waals surface area contributed by atoms with Crippen LogP contribution in [0.4, 0.5) is 0 Å². The minimum absolute atomic E-state index is 0.101. The second-order valence-electron chi connectivity index (χ2n) is 5.08. The maximum absolute atomic E-state index is 10.4. The molecule has 0 radical (unpaired) electrons. The van der Waals surface area contributed by atoms with E-state index in [1.807, 2.05) is 25.1 Å². The molecule has 2 heterocycles. The molecule has 0 saturated heterocycles. The largest absolute Gasteiger partial charge is 0.507 e. The van der Waals surface area contributed by atoms with Crippen LogP contribution in [0.2, 0.25) is 0 Å². The fourth-order valence-electron chi connectivity index (χ4n) is 2.30. The maximum Gasteiger partial charge on any atom is 0.229 e. The van der Waals surface area contributed by atoms with Crippen LogP contribution in [0.5, 0.6) is 5.75 Å². The molecule has 0 atom stereocenters. The standard InChI is InChI=1S/C19H17N3O2/c1-3-5-7-15(20-4-2)14-10-9-13(12-16(14)23)19-22-18-17(24-19)8-6-11-21-18/h4-12,23H,2-3H2,1H3/b7-5-,20-15?. The molecule has 0 fully saturated rings. The van der Waals surface area contributed by atoms with Gasteiger partial charge >= 0.3 is 0 Å². The van der Waals surface area contributed by atoms with Crippen molar-refractivity contribution < 1.29 is 9.52 Å². The SMILES string of the molecule is C=CN=C(/C=C\CC)c1ccc(-c2nc3ncccc3o2)cc1O. The maximum atomic E-state index is 10.4. The van der Waals surface area contributed by atoms with Gasteiger partial charge in [0.15, 0.2) is 11.2 Å². The summed E-state index contributed by atoms with van der Waals surface area (Å²) in [7, 11) is 0. The van der Waals surface area contributed by atoms with Crippen molar-refractivity contribution in [3.8, 4) is 17.2 Å². The summed E-state index contributed by atoms with van der Waals surface area (Å²) >= 11 is 0. The van der Waals surface area contributed by atoms with Crippen molar-refractivity contribution in [1.29, 1.82) is 0 Å². The summed E-state index contributed by atoms with van der Waals surface area (Å²) < 4.78 is 5.68. The van der Waals surface area contributed by atoms with E-state index in [0.717, 1.165) is 6.42 Å². The molecule has 24 heavy (non-hydrogen) atoms. The van der Waals surface area contributed by atoms with Gasteiger partial charge in [-0.25, -0.2) is 4.98 Å². The molecular weight excluding hydrogens is 302 g/mol. The van der Waals surface area contributed by atoms with Crippen molar-refractivity contribution in [1.82, 2.24) is 9.97 Å². The average Bonchev–Trinajstić information content (AvgIpc) is 3.03. The molecule has 0 aliphatic heterocycles. The summed E-state index contributed by atoms with van der Waals surface area (Å²) in [5, 5.41) is 10.4. The van der Waals surface area contributed by atoms with Gasteiger partial charge in [0.25, 0.3) is 0 Å². The van der Waals surface area contributed by atoms with E-state index in [2.05, 4.69) is 21.5 Å². The lowest BCUT2D eigenvalue weighted by atomic mass is 10.0. The second kappa shape index (κ2) is 6.91. The first-order chi connectivity index (χ1) is 11.7. The summed E-state index contributed by atoms with van der Waals surface area (Å²) in [6.45, 7) is 5.65. The number of benzene rings is 1. The van der Waals surface area contributed by atoms with Gasteiger partial charge < -0.3 is 9.52 Å². The van der Waals surface area contributed by atoms with E-state index in [1.54, 1.807) is 30.5 Å². The molecule has 0 bridgehead atoms. The Morgan fingerprint density at radius 1 is 1.38 bits per heavy atom. The van der Waals surface area contributed by atoms with Crippen LogP contribution in [0, 0.1) is 0 Å². The van der Waals surface area contributed by atoms with E-state index < -0.39 is 0 Å². The Balaban J connectivity index is 2.01. The summed E-state index contributed by atoms with van der Waals surface area (Å²) in [5.74, 6) is 0.515. The van der Waals surface area contributed by atoms with Crippen LogP contribution in [0.3, 0.4) is 0 Å². The highest BCUT2D eigenvalue weighted by atomic mass is 16.3. The summed E-state index contributed by atoms with van der Waals surface area (Å²) in [4.78, 5) is 12.7. The van der Waals surface area contributed by atoms with Crippen molar-refractivity contribution >= 4 is 16.9 Å². The van der Waals surface area contributed by atoms with Gasteiger partial charge in [0.05, 0.1) is 5.71 Å². The van der Waals surface area contributed by atoms with Crippen LogP contribution < -0.4 is 0 Å². The Labute approximate surface area is 139 Å². The molecular formula is C19H17N3O2. The number of allylic oxidation sites excluding steroid dienone is 2. The summed E-state index contributed by atoms with van der Waals surface area (Å²) in [5.41, 5.74) is 3.09. The van der Waals surface area contributed by atoms with Crippen molar-refractivity contribution in [2.45, 2.75) is 13.3 Å². The quantitative estimate of drug-likeness (QED) is 0.703. The monoisotopic (exact) mass is 319 g/mol. The molecule has 3 rings (SSSR count). The molecule has 0 unspecified atom stereocenters. The number of rotatable bonds is 5. The van der Waals surface area contributed by atoms with E-state index in [1.165, 1.54) is 6.20 Å². The van der Waals surface area contributed by atoms with Gasteiger partial charge in [0, 0.05) is 23.5 Å². The van der Waals surface area contributed by atoms with Crippen molar-refractivity contribution in [2.75, 3.05) is 0 Å². The molecule has 0 aliphatic rings. The highest BCUT2D eigenvalue weighted by Crippen LogP contribution is 2.28. The molecule has 5 heteroatoms. The number of fused-ring (bicyclic) bond motifs is 1. The highest BCUT2D eigenvalue weighted by Gasteiger charge is 2.12. The third-order valence-electron chi connectivity index (χ3n) is 3.43. The summed E-state index contributed by atoms with van der Waals surface area (Å²) in [6, 6.07) is 8.82. The van der Waals surface area contributed by atoms with Crippen molar-refractivity contribution in [3.63, 3.8) is 0 Å². The van der Waals surface area contributed by atoms with Crippen molar-refractivity contribution in [2.24, 2.45) is 4.99 Å². The molecule has 0 saturated carbocycles. The number of aromatic nitrogens is 2. The highest BCUT2D eigenvalue weighted by molar-refractivity contribution is 6.11. The van der Waals surface area contributed by atoms with E-state index in [4.69, 9.17) is 4.42 Å². The third kappa shape index (κ3) is 3.10. The molecule has 1 N–H and O–H groups in total. The van der Waals surface area contributed by atoms with Gasteiger partial charge in [-0.05, 0) is 42.8 Å². The van der Waals surface area contributed by atoms with Crippen LogP contribution in [0.25, 0.3) is 22.7 Å². The van der Waals surface area contributed by atoms with E-state index in [-0.39, 0.29) is 5.75 Å². The first-order valence-corrected chi connectivity index (χ1v) is 7.63. The number of hydrogen-bond acceptors (Lipinski definition) is 5. The Kier molecular flexibility index (Phi) is 4.52. The van der Waals surface area contributed by atoms with Crippen molar-refractivity contribution in [3.05, 3.63) is 67.0 Å². The van der Waals surface area contributed by atoms with E-state index in [9.17, 15) is 5.11 Å². The number of oxazole rings is 1. The Morgan fingerprint density at radius 3 is 2.96 bits per heavy atom. The smallest absolute Gasteiger partial charge is 0.229 e. The molecule has 0 spiro atoms. The average molecular weight is 319 g/mol. The zero-order valence-electron chi connectivity index (χ0n) is 13.3. The predicted molar refractivity (Wildman–Crippen MR) is 95.1 cm³/mol. The third-order valence-corrected chi connectivity index (χ3v) is 3.43. The number of hydrogen-bond donors (Lipinski definition) is 1. The number of aliphatic imine (C=N–C) groups is 1.